The minimum Gasteiger partial charge on any atom is -0.378 e. The van der Waals surface area contributed by atoms with Gasteiger partial charge in [-0.15, -0.1) is 0 Å². The standard InChI is InChI=1S/C14H22N4O2/c1-10(15)13(11-5-3-4-6-17-11)18-7-8-20-9-12(18)14(19)16-2/h3-6,10,12-13H,7-9,15H2,1-2H3,(H,16,19). The van der Waals surface area contributed by atoms with E-state index >= 15 is 0 Å². The molecule has 0 saturated carbocycles. The summed E-state index contributed by atoms with van der Waals surface area (Å²) in [5.74, 6) is -0.0497. The van der Waals surface area contributed by atoms with Crippen LogP contribution in [0.3, 0.4) is 0 Å². The number of carbonyl (C=O) groups excluding carboxylic acids is 1. The van der Waals surface area contributed by atoms with Crippen molar-refractivity contribution in [3.05, 3.63) is 30.1 Å². The van der Waals surface area contributed by atoms with Crippen LogP contribution in [0.5, 0.6) is 0 Å². The first-order valence-corrected chi connectivity index (χ1v) is 6.86. The van der Waals surface area contributed by atoms with Gasteiger partial charge in [0.05, 0.1) is 24.9 Å². The highest BCUT2D eigenvalue weighted by Crippen LogP contribution is 2.25. The molecule has 0 aliphatic carbocycles. The van der Waals surface area contributed by atoms with Gasteiger partial charge in [0.1, 0.15) is 6.04 Å². The first kappa shape index (κ1) is 14.9. The zero-order valence-electron chi connectivity index (χ0n) is 12.0. The minimum atomic E-state index is -0.327. The van der Waals surface area contributed by atoms with Crippen LogP contribution < -0.4 is 11.1 Å². The van der Waals surface area contributed by atoms with Gasteiger partial charge in [-0.05, 0) is 19.1 Å². The monoisotopic (exact) mass is 278 g/mol. The van der Waals surface area contributed by atoms with Gasteiger partial charge in [0.2, 0.25) is 5.91 Å². The van der Waals surface area contributed by atoms with E-state index in [2.05, 4.69) is 15.2 Å². The molecule has 0 spiro atoms. The molecule has 6 heteroatoms. The van der Waals surface area contributed by atoms with Gasteiger partial charge in [-0.2, -0.15) is 0 Å². The molecule has 1 amide bonds. The summed E-state index contributed by atoms with van der Waals surface area (Å²) in [6, 6.07) is 5.21. The largest absolute Gasteiger partial charge is 0.378 e. The molecule has 1 aromatic rings. The normalized spacial score (nSPS) is 23.1. The highest BCUT2D eigenvalue weighted by molar-refractivity contribution is 5.81. The number of hydrogen-bond acceptors (Lipinski definition) is 5. The fourth-order valence-electron chi connectivity index (χ4n) is 2.63. The average molecular weight is 278 g/mol. The van der Waals surface area contributed by atoms with E-state index in [0.29, 0.717) is 19.8 Å². The third-order valence-corrected chi connectivity index (χ3v) is 3.57. The number of rotatable bonds is 4. The summed E-state index contributed by atoms with van der Waals surface area (Å²) in [4.78, 5) is 18.5. The van der Waals surface area contributed by atoms with E-state index in [1.54, 1.807) is 13.2 Å². The number of amides is 1. The fourth-order valence-corrected chi connectivity index (χ4v) is 2.63. The summed E-state index contributed by atoms with van der Waals surface area (Å²) in [6.45, 7) is 3.59. The zero-order valence-corrected chi connectivity index (χ0v) is 12.0. The maximum absolute atomic E-state index is 12.0. The van der Waals surface area contributed by atoms with Gasteiger partial charge in [0.15, 0.2) is 0 Å². The predicted molar refractivity (Wildman–Crippen MR) is 76.0 cm³/mol. The van der Waals surface area contributed by atoms with Crippen molar-refractivity contribution in [3.8, 4) is 0 Å². The number of carbonyl (C=O) groups is 1. The van der Waals surface area contributed by atoms with Gasteiger partial charge in [0, 0.05) is 25.8 Å². The van der Waals surface area contributed by atoms with Crippen molar-refractivity contribution in [2.75, 3.05) is 26.8 Å². The Hall–Kier alpha value is -1.50. The van der Waals surface area contributed by atoms with Crippen LogP contribution in [0, 0.1) is 0 Å². The smallest absolute Gasteiger partial charge is 0.239 e. The quantitative estimate of drug-likeness (QED) is 0.805. The molecule has 3 unspecified atom stereocenters. The number of hydrogen-bond donors (Lipinski definition) is 2. The van der Waals surface area contributed by atoms with Crippen molar-refractivity contribution in [2.45, 2.75) is 25.0 Å². The summed E-state index contributed by atoms with van der Waals surface area (Å²) in [6.07, 6.45) is 1.75. The van der Waals surface area contributed by atoms with Crippen molar-refractivity contribution >= 4 is 5.91 Å². The molecule has 110 valence electrons. The molecule has 1 fully saturated rings. The first-order chi connectivity index (χ1) is 9.65. The highest BCUT2D eigenvalue weighted by atomic mass is 16.5. The second-order valence-electron chi connectivity index (χ2n) is 5.00. The number of pyridine rings is 1. The van der Waals surface area contributed by atoms with Crippen molar-refractivity contribution in [1.29, 1.82) is 0 Å². The molecule has 0 bridgehead atoms. The van der Waals surface area contributed by atoms with Gasteiger partial charge in [0.25, 0.3) is 0 Å². The van der Waals surface area contributed by atoms with Crippen LogP contribution in [-0.4, -0.2) is 54.7 Å². The van der Waals surface area contributed by atoms with Gasteiger partial charge in [-0.1, -0.05) is 6.07 Å². The van der Waals surface area contributed by atoms with Crippen molar-refractivity contribution in [1.82, 2.24) is 15.2 Å². The van der Waals surface area contributed by atoms with E-state index in [9.17, 15) is 4.79 Å². The highest BCUT2D eigenvalue weighted by Gasteiger charge is 2.36. The number of nitrogens with two attached hydrogens (primary N) is 1. The van der Waals surface area contributed by atoms with Crippen LogP contribution in [0.4, 0.5) is 0 Å². The fraction of sp³-hybridized carbons (Fsp3) is 0.571. The summed E-state index contributed by atoms with van der Waals surface area (Å²) >= 11 is 0. The molecule has 2 rings (SSSR count). The van der Waals surface area contributed by atoms with E-state index in [-0.39, 0.29) is 24.0 Å². The van der Waals surface area contributed by atoms with Gasteiger partial charge in [-0.3, -0.25) is 14.7 Å². The Labute approximate surface area is 119 Å². The summed E-state index contributed by atoms with van der Waals surface area (Å²) in [5.41, 5.74) is 7.04. The van der Waals surface area contributed by atoms with E-state index in [1.807, 2.05) is 25.1 Å². The van der Waals surface area contributed by atoms with Gasteiger partial charge < -0.3 is 15.8 Å². The first-order valence-electron chi connectivity index (χ1n) is 6.86. The maximum atomic E-state index is 12.0. The van der Waals surface area contributed by atoms with Crippen molar-refractivity contribution in [3.63, 3.8) is 0 Å². The number of aromatic nitrogens is 1. The SMILES string of the molecule is CNC(=O)C1COCCN1C(c1ccccn1)C(C)N. The molecule has 20 heavy (non-hydrogen) atoms. The van der Waals surface area contributed by atoms with E-state index < -0.39 is 0 Å². The number of ether oxygens (including phenoxy) is 1. The number of likely N-dealkylation sites (N-methyl/N-ethyl adjacent to an activating group) is 1. The van der Waals surface area contributed by atoms with E-state index in [1.165, 1.54) is 0 Å². The second kappa shape index (κ2) is 6.78. The summed E-state index contributed by atoms with van der Waals surface area (Å²) in [5, 5.41) is 2.69. The van der Waals surface area contributed by atoms with Crippen LogP contribution in [0.1, 0.15) is 18.7 Å². The number of nitrogens with zero attached hydrogens (tertiary/aromatic N) is 2. The summed E-state index contributed by atoms with van der Waals surface area (Å²) in [7, 11) is 1.64. The van der Waals surface area contributed by atoms with Crippen molar-refractivity contribution < 1.29 is 9.53 Å². The lowest BCUT2D eigenvalue weighted by molar-refractivity contribution is -0.134. The molecule has 6 nitrogen and oxygen atoms in total. The lowest BCUT2D eigenvalue weighted by Crippen LogP contribution is -2.57. The molecule has 2 heterocycles. The lowest BCUT2D eigenvalue weighted by atomic mass is 10.0. The lowest BCUT2D eigenvalue weighted by Gasteiger charge is -2.41. The van der Waals surface area contributed by atoms with E-state index in [0.717, 1.165) is 5.69 Å². The Morgan fingerprint density at radius 3 is 3.00 bits per heavy atom. The third-order valence-electron chi connectivity index (χ3n) is 3.57. The predicted octanol–water partition coefficient (Wildman–Crippen LogP) is -0.0833. The minimum absolute atomic E-state index is 0.0497. The Balaban J connectivity index is 2.29. The third kappa shape index (κ3) is 3.15. The van der Waals surface area contributed by atoms with Crippen molar-refractivity contribution in [2.24, 2.45) is 5.73 Å². The maximum Gasteiger partial charge on any atom is 0.239 e. The van der Waals surface area contributed by atoms with Gasteiger partial charge in [-0.25, -0.2) is 0 Å². The van der Waals surface area contributed by atoms with Crippen LogP contribution in [0.25, 0.3) is 0 Å². The average Bonchev–Trinajstić information content (AvgIpc) is 2.48. The number of morpholine rings is 1. The van der Waals surface area contributed by atoms with Crippen LogP contribution in [-0.2, 0) is 9.53 Å². The Kier molecular flexibility index (Phi) is 5.05. The summed E-state index contributed by atoms with van der Waals surface area (Å²) < 4.78 is 5.44. The molecular weight excluding hydrogens is 256 g/mol. The zero-order chi connectivity index (χ0) is 14.5. The molecule has 1 aliphatic heterocycles. The molecule has 0 radical (unpaired) electrons. The number of nitrogens with one attached hydrogen (secondary N) is 1. The molecule has 0 aromatic carbocycles. The molecule has 1 aromatic heterocycles. The van der Waals surface area contributed by atoms with E-state index in [4.69, 9.17) is 10.5 Å². The molecule has 1 saturated heterocycles. The topological polar surface area (TPSA) is 80.5 Å². The van der Waals surface area contributed by atoms with Gasteiger partial charge >= 0.3 is 0 Å². The van der Waals surface area contributed by atoms with Crippen LogP contribution in [0.2, 0.25) is 0 Å². The molecular formula is C14H22N4O2. The van der Waals surface area contributed by atoms with Crippen LogP contribution >= 0.6 is 0 Å². The molecule has 3 atom stereocenters. The Morgan fingerprint density at radius 2 is 2.40 bits per heavy atom. The molecule has 3 N–H and O–H groups in total. The second-order valence-corrected chi connectivity index (χ2v) is 5.00. The Morgan fingerprint density at radius 1 is 1.60 bits per heavy atom. The van der Waals surface area contributed by atoms with Crippen LogP contribution in [0.15, 0.2) is 24.4 Å². The Bertz CT molecular complexity index is 438. The molecule has 1 aliphatic rings.